The van der Waals surface area contributed by atoms with Gasteiger partial charge >= 0.3 is 0 Å². The van der Waals surface area contributed by atoms with Crippen LogP contribution < -0.4 is 20.7 Å². The molecule has 0 aliphatic heterocycles. The normalized spacial score (nSPS) is 9.88. The van der Waals surface area contributed by atoms with E-state index in [0.29, 0.717) is 5.75 Å². The van der Waals surface area contributed by atoms with Crippen LogP contribution in [0.1, 0.15) is 26.3 Å². The molecule has 0 radical (unpaired) electrons. The lowest BCUT2D eigenvalue weighted by molar-refractivity contribution is -0.255. The van der Waals surface area contributed by atoms with Crippen LogP contribution in [0.4, 0.5) is 0 Å². The molecule has 2 N–H and O–H groups in total. The van der Waals surface area contributed by atoms with Gasteiger partial charge < -0.3 is 14.6 Å². The molecule has 2 rings (SSSR count). The van der Waals surface area contributed by atoms with E-state index in [9.17, 15) is 19.5 Å². The summed E-state index contributed by atoms with van der Waals surface area (Å²) in [7, 11) is 0. The molecule has 0 aliphatic rings. The second-order valence-corrected chi connectivity index (χ2v) is 4.94. The molecule has 7 nitrogen and oxygen atoms in total. The average molecular weight is 327 g/mol. The third kappa shape index (κ3) is 4.57. The molecule has 124 valence electrons. The number of ether oxygens (including phenoxy) is 1. The van der Waals surface area contributed by atoms with Crippen molar-refractivity contribution >= 4 is 17.8 Å². The first-order chi connectivity index (χ1) is 11.5. The summed E-state index contributed by atoms with van der Waals surface area (Å²) in [5, 5.41) is 10.9. The predicted octanol–water partition coefficient (Wildman–Crippen LogP) is 0.199. The van der Waals surface area contributed by atoms with E-state index in [2.05, 4.69) is 10.9 Å². The third-order valence-corrected chi connectivity index (χ3v) is 3.10. The number of carbonyl (C=O) groups is 3. The topological polar surface area (TPSA) is 108 Å². The highest BCUT2D eigenvalue weighted by atomic mass is 16.5. The summed E-state index contributed by atoms with van der Waals surface area (Å²) in [6, 6.07) is 12.6. The zero-order valence-corrected chi connectivity index (χ0v) is 12.9. The minimum Gasteiger partial charge on any atom is -0.545 e. The molecule has 0 atom stereocenters. The fourth-order valence-electron chi connectivity index (χ4n) is 1.87. The predicted molar refractivity (Wildman–Crippen MR) is 83.1 cm³/mol. The molecule has 0 heterocycles. The van der Waals surface area contributed by atoms with E-state index in [0.717, 1.165) is 5.56 Å². The molecule has 0 saturated heterocycles. The van der Waals surface area contributed by atoms with Crippen LogP contribution in [0.5, 0.6) is 5.75 Å². The largest absolute Gasteiger partial charge is 0.545 e. The number of benzene rings is 2. The number of hydrogen-bond acceptors (Lipinski definition) is 5. The van der Waals surface area contributed by atoms with Crippen molar-refractivity contribution in [3.63, 3.8) is 0 Å². The van der Waals surface area contributed by atoms with Crippen molar-refractivity contribution in [2.75, 3.05) is 6.61 Å². The van der Waals surface area contributed by atoms with Crippen molar-refractivity contribution in [3.05, 3.63) is 65.2 Å². The van der Waals surface area contributed by atoms with Crippen LogP contribution in [0.3, 0.4) is 0 Å². The van der Waals surface area contributed by atoms with Gasteiger partial charge in [0.15, 0.2) is 6.61 Å². The molecule has 2 aromatic carbocycles. The second kappa shape index (κ2) is 7.77. The first-order valence-corrected chi connectivity index (χ1v) is 7.06. The molecule has 2 amide bonds. The first-order valence-electron chi connectivity index (χ1n) is 7.06. The minimum absolute atomic E-state index is 0.114. The molecule has 0 unspecified atom stereocenters. The van der Waals surface area contributed by atoms with E-state index in [-0.39, 0.29) is 17.7 Å². The molecule has 2 aromatic rings. The number of hydrogen-bond donors (Lipinski definition) is 2. The Balaban J connectivity index is 1.86. The van der Waals surface area contributed by atoms with E-state index in [4.69, 9.17) is 4.74 Å². The van der Waals surface area contributed by atoms with Gasteiger partial charge in [0.05, 0.1) is 11.5 Å². The van der Waals surface area contributed by atoms with Crippen molar-refractivity contribution in [2.45, 2.75) is 6.92 Å². The van der Waals surface area contributed by atoms with Gasteiger partial charge in [-0.1, -0.05) is 35.9 Å². The van der Waals surface area contributed by atoms with Crippen molar-refractivity contribution < 1.29 is 24.2 Å². The Morgan fingerprint density at radius 3 is 2.21 bits per heavy atom. The van der Waals surface area contributed by atoms with Crippen molar-refractivity contribution in [1.82, 2.24) is 10.9 Å². The molecule has 0 bridgehead atoms. The molecule has 0 aromatic heterocycles. The van der Waals surface area contributed by atoms with Crippen LogP contribution in [-0.2, 0) is 4.79 Å². The Kier molecular flexibility index (Phi) is 5.51. The molecule has 0 fully saturated rings. The van der Waals surface area contributed by atoms with E-state index in [1.165, 1.54) is 24.3 Å². The zero-order chi connectivity index (χ0) is 17.5. The number of carboxylic acid groups (broad SMARTS) is 1. The van der Waals surface area contributed by atoms with Crippen LogP contribution in [-0.4, -0.2) is 24.4 Å². The summed E-state index contributed by atoms with van der Waals surface area (Å²) in [6.07, 6.45) is 0. The van der Waals surface area contributed by atoms with Crippen molar-refractivity contribution in [2.24, 2.45) is 0 Å². The van der Waals surface area contributed by atoms with Gasteiger partial charge in [0.2, 0.25) is 0 Å². The maximum atomic E-state index is 11.9. The van der Waals surface area contributed by atoms with Crippen molar-refractivity contribution in [1.29, 1.82) is 0 Å². The molecule has 7 heteroatoms. The van der Waals surface area contributed by atoms with Gasteiger partial charge in [-0.25, -0.2) is 0 Å². The highest BCUT2D eigenvalue weighted by molar-refractivity contribution is 6.04. The van der Waals surface area contributed by atoms with Crippen LogP contribution in [0.2, 0.25) is 0 Å². The number of amides is 2. The van der Waals surface area contributed by atoms with E-state index >= 15 is 0 Å². The highest BCUT2D eigenvalue weighted by Crippen LogP contribution is 2.11. The number of hydrazine groups is 1. The van der Waals surface area contributed by atoms with Crippen LogP contribution in [0.15, 0.2) is 48.5 Å². The van der Waals surface area contributed by atoms with Gasteiger partial charge in [-0.15, -0.1) is 0 Å². The fraction of sp³-hybridized carbons (Fsp3) is 0.118. The van der Waals surface area contributed by atoms with E-state index in [1.807, 2.05) is 19.1 Å². The van der Waals surface area contributed by atoms with Gasteiger partial charge in [0, 0.05) is 5.56 Å². The summed E-state index contributed by atoms with van der Waals surface area (Å²) in [4.78, 5) is 34.5. The van der Waals surface area contributed by atoms with Gasteiger partial charge in [0.1, 0.15) is 5.75 Å². The molecular formula is C17H15N2O5-. The molecule has 0 spiro atoms. The standard InChI is InChI=1S/C17H16N2O5/c1-11-6-8-12(9-7-11)24-10-15(20)18-19-16(21)13-4-2-3-5-14(13)17(22)23/h2-9H,10H2,1H3,(H,18,20)(H,19,21)(H,22,23)/p-1. The number of carboxylic acids is 1. The smallest absolute Gasteiger partial charge is 0.276 e. The number of aromatic carboxylic acids is 1. The lowest BCUT2D eigenvalue weighted by Crippen LogP contribution is -2.44. The van der Waals surface area contributed by atoms with Gasteiger partial charge in [0.25, 0.3) is 11.8 Å². The second-order valence-electron chi connectivity index (χ2n) is 4.94. The SMILES string of the molecule is Cc1ccc(OCC(=O)NNC(=O)c2ccccc2C(=O)[O-])cc1. The number of carbonyl (C=O) groups excluding carboxylic acids is 3. The van der Waals surface area contributed by atoms with Crippen LogP contribution in [0.25, 0.3) is 0 Å². The van der Waals surface area contributed by atoms with E-state index < -0.39 is 17.8 Å². The molecular weight excluding hydrogens is 312 g/mol. The lowest BCUT2D eigenvalue weighted by Gasteiger charge is -2.12. The van der Waals surface area contributed by atoms with Crippen LogP contribution >= 0.6 is 0 Å². The van der Waals surface area contributed by atoms with E-state index in [1.54, 1.807) is 12.1 Å². The molecule has 24 heavy (non-hydrogen) atoms. The Morgan fingerprint density at radius 2 is 1.58 bits per heavy atom. The average Bonchev–Trinajstić information content (AvgIpc) is 2.59. The lowest BCUT2D eigenvalue weighted by atomic mass is 10.1. The quantitative estimate of drug-likeness (QED) is 0.763. The molecule has 0 saturated carbocycles. The Morgan fingerprint density at radius 1 is 0.958 bits per heavy atom. The van der Waals surface area contributed by atoms with Gasteiger partial charge in [-0.2, -0.15) is 0 Å². The molecule has 0 aliphatic carbocycles. The summed E-state index contributed by atoms with van der Waals surface area (Å²) >= 11 is 0. The zero-order valence-electron chi connectivity index (χ0n) is 12.9. The number of nitrogens with one attached hydrogen (secondary N) is 2. The maximum absolute atomic E-state index is 11.9. The Labute approximate surface area is 138 Å². The number of rotatable bonds is 5. The first kappa shape index (κ1) is 17.0. The highest BCUT2D eigenvalue weighted by Gasteiger charge is 2.12. The van der Waals surface area contributed by atoms with Crippen molar-refractivity contribution in [3.8, 4) is 5.75 Å². The maximum Gasteiger partial charge on any atom is 0.276 e. The number of aryl methyl sites for hydroxylation is 1. The third-order valence-electron chi connectivity index (χ3n) is 3.10. The monoisotopic (exact) mass is 327 g/mol. The summed E-state index contributed by atoms with van der Waals surface area (Å²) in [5.74, 6) is -2.31. The Bertz CT molecular complexity index is 756. The minimum atomic E-state index is -1.48. The fourth-order valence-corrected chi connectivity index (χ4v) is 1.87. The Hall–Kier alpha value is -3.35. The van der Waals surface area contributed by atoms with Gasteiger partial charge in [-0.05, 0) is 25.1 Å². The summed E-state index contributed by atoms with van der Waals surface area (Å²) in [6.45, 7) is 1.63. The van der Waals surface area contributed by atoms with Crippen LogP contribution in [0, 0.1) is 6.92 Å². The summed E-state index contributed by atoms with van der Waals surface area (Å²) < 4.78 is 5.26. The summed E-state index contributed by atoms with van der Waals surface area (Å²) in [5.41, 5.74) is 4.97. The van der Waals surface area contributed by atoms with Gasteiger partial charge in [-0.3, -0.25) is 20.4 Å².